The molecule has 130 valence electrons. The first-order chi connectivity index (χ1) is 12.1. The van der Waals surface area contributed by atoms with Gasteiger partial charge in [0.1, 0.15) is 0 Å². The van der Waals surface area contributed by atoms with Crippen molar-refractivity contribution in [3.8, 4) is 11.5 Å². The normalized spacial score (nSPS) is 16.6. The van der Waals surface area contributed by atoms with Gasteiger partial charge in [0, 0.05) is 15.6 Å². The summed E-state index contributed by atoms with van der Waals surface area (Å²) in [4.78, 5) is 11.5. The molecule has 5 nitrogen and oxygen atoms in total. The van der Waals surface area contributed by atoms with Crippen molar-refractivity contribution < 1.29 is 14.3 Å². The van der Waals surface area contributed by atoms with E-state index in [2.05, 4.69) is 21.0 Å². The van der Waals surface area contributed by atoms with Crippen LogP contribution in [0.25, 0.3) is 0 Å². The van der Waals surface area contributed by atoms with E-state index in [9.17, 15) is 4.79 Å². The van der Waals surface area contributed by atoms with E-state index in [0.717, 1.165) is 33.3 Å². The summed E-state index contributed by atoms with van der Waals surface area (Å²) in [6.45, 7) is 1.98. The van der Waals surface area contributed by atoms with E-state index in [1.54, 1.807) is 14.2 Å². The predicted octanol–water partition coefficient (Wildman–Crippen LogP) is 3.62. The van der Waals surface area contributed by atoms with Crippen molar-refractivity contribution in [1.29, 1.82) is 0 Å². The number of rotatable bonds is 4. The Morgan fingerprint density at radius 1 is 1.16 bits per heavy atom. The number of benzene rings is 2. The number of hydrogen-bond acceptors (Lipinski definition) is 4. The Balaban J connectivity index is 2.23. The van der Waals surface area contributed by atoms with Crippen molar-refractivity contribution in [3.63, 3.8) is 0 Å². The Kier molecular flexibility index (Phi) is 5.08. The average molecular weight is 403 g/mol. The summed E-state index contributed by atoms with van der Waals surface area (Å²) in [5.41, 5.74) is 3.67. The molecule has 3 rings (SSSR count). The van der Waals surface area contributed by atoms with Crippen molar-refractivity contribution in [2.45, 2.75) is 19.4 Å². The molecule has 0 radical (unpaired) electrons. The van der Waals surface area contributed by atoms with Crippen LogP contribution in [-0.2, 0) is 11.2 Å². The lowest BCUT2D eigenvalue weighted by atomic mass is 9.94. The number of ether oxygens (including phenoxy) is 2. The van der Waals surface area contributed by atoms with Crippen LogP contribution < -0.4 is 9.47 Å². The Morgan fingerprint density at radius 3 is 2.40 bits per heavy atom. The molecule has 1 aliphatic rings. The van der Waals surface area contributed by atoms with Crippen LogP contribution >= 0.6 is 15.9 Å². The van der Waals surface area contributed by atoms with Crippen molar-refractivity contribution in [1.82, 2.24) is 5.01 Å². The third-order valence-electron chi connectivity index (χ3n) is 4.27. The zero-order valence-corrected chi connectivity index (χ0v) is 15.9. The largest absolute Gasteiger partial charge is 0.493 e. The van der Waals surface area contributed by atoms with Gasteiger partial charge in [-0.15, -0.1) is 0 Å². The highest BCUT2D eigenvalue weighted by atomic mass is 79.9. The second-order valence-corrected chi connectivity index (χ2v) is 6.77. The number of methoxy groups -OCH3 is 2. The van der Waals surface area contributed by atoms with Crippen LogP contribution in [0.15, 0.2) is 46.0 Å². The van der Waals surface area contributed by atoms with Gasteiger partial charge in [-0.05, 0) is 43.2 Å². The lowest BCUT2D eigenvalue weighted by Gasteiger charge is -2.18. The van der Waals surface area contributed by atoms with Crippen LogP contribution in [-0.4, -0.2) is 37.4 Å². The second kappa shape index (κ2) is 7.27. The first-order valence-corrected chi connectivity index (χ1v) is 8.70. The molecule has 2 aromatic rings. The minimum atomic E-state index is -0.0534. The zero-order chi connectivity index (χ0) is 18.0. The SMILES string of the molecule is COc1cc2c(cc1OC)C(c1ccc(Br)cc1)=NN(C=O)C(C)C2. The lowest BCUT2D eigenvalue weighted by molar-refractivity contribution is -0.119. The molecule has 0 saturated heterocycles. The minimum Gasteiger partial charge on any atom is -0.493 e. The number of carbonyl (C=O) groups is 1. The highest BCUT2D eigenvalue weighted by Crippen LogP contribution is 2.34. The Labute approximate surface area is 155 Å². The zero-order valence-electron chi connectivity index (χ0n) is 14.3. The number of carbonyl (C=O) groups excluding carboxylic acids is 1. The summed E-state index contributed by atoms with van der Waals surface area (Å²) in [5, 5.41) is 6.09. The molecule has 25 heavy (non-hydrogen) atoms. The van der Waals surface area contributed by atoms with Gasteiger partial charge < -0.3 is 9.47 Å². The smallest absolute Gasteiger partial charge is 0.230 e. The van der Waals surface area contributed by atoms with Crippen LogP contribution in [0.4, 0.5) is 0 Å². The summed E-state index contributed by atoms with van der Waals surface area (Å²) >= 11 is 3.45. The molecule has 2 aromatic carbocycles. The monoisotopic (exact) mass is 402 g/mol. The van der Waals surface area contributed by atoms with Gasteiger partial charge >= 0.3 is 0 Å². The molecule has 1 atom stereocenters. The molecular formula is C19H19BrN2O3. The van der Waals surface area contributed by atoms with Gasteiger partial charge in [-0.1, -0.05) is 28.1 Å². The molecule has 0 aromatic heterocycles. The van der Waals surface area contributed by atoms with Crippen molar-refractivity contribution >= 4 is 28.1 Å². The average Bonchev–Trinajstić information content (AvgIpc) is 2.76. The predicted molar refractivity (Wildman–Crippen MR) is 100 cm³/mol. The molecule has 1 amide bonds. The Bertz CT molecular complexity index is 818. The number of nitrogens with zero attached hydrogens (tertiary/aromatic N) is 2. The molecule has 0 saturated carbocycles. The number of hydrazone groups is 1. The van der Waals surface area contributed by atoms with Gasteiger partial charge in [-0.3, -0.25) is 4.79 Å². The van der Waals surface area contributed by atoms with E-state index in [1.807, 2.05) is 43.3 Å². The lowest BCUT2D eigenvalue weighted by Crippen LogP contribution is -2.28. The standard InChI is InChI=1S/C19H19BrN2O3/c1-12-8-14-9-17(24-2)18(25-3)10-16(14)19(21-22(12)11-23)13-4-6-15(20)7-5-13/h4-7,9-12H,8H2,1-3H3. The summed E-state index contributed by atoms with van der Waals surface area (Å²) < 4.78 is 11.9. The first-order valence-electron chi connectivity index (χ1n) is 7.90. The van der Waals surface area contributed by atoms with Crippen LogP contribution in [0.3, 0.4) is 0 Å². The van der Waals surface area contributed by atoms with Crippen LogP contribution in [0.1, 0.15) is 23.6 Å². The molecule has 0 N–H and O–H groups in total. The maximum absolute atomic E-state index is 11.5. The van der Waals surface area contributed by atoms with Gasteiger partial charge in [0.2, 0.25) is 6.41 Å². The van der Waals surface area contributed by atoms with Crippen LogP contribution in [0, 0.1) is 0 Å². The quantitative estimate of drug-likeness (QED) is 0.733. The third kappa shape index (κ3) is 3.39. The van der Waals surface area contributed by atoms with E-state index in [-0.39, 0.29) is 6.04 Å². The van der Waals surface area contributed by atoms with Gasteiger partial charge in [0.15, 0.2) is 11.5 Å². The molecule has 1 unspecified atom stereocenters. The molecule has 1 aliphatic heterocycles. The molecule has 0 aliphatic carbocycles. The molecule has 0 bridgehead atoms. The highest BCUT2D eigenvalue weighted by molar-refractivity contribution is 9.10. The van der Waals surface area contributed by atoms with E-state index in [4.69, 9.17) is 9.47 Å². The third-order valence-corrected chi connectivity index (χ3v) is 4.80. The van der Waals surface area contributed by atoms with E-state index in [1.165, 1.54) is 5.01 Å². The molecule has 1 heterocycles. The fourth-order valence-electron chi connectivity index (χ4n) is 2.94. The van der Waals surface area contributed by atoms with Crippen LogP contribution in [0.5, 0.6) is 11.5 Å². The van der Waals surface area contributed by atoms with E-state index < -0.39 is 0 Å². The second-order valence-electron chi connectivity index (χ2n) is 5.86. The molecule has 0 spiro atoms. The van der Waals surface area contributed by atoms with Gasteiger partial charge in [-0.2, -0.15) is 5.10 Å². The maximum atomic E-state index is 11.5. The number of hydrogen-bond donors (Lipinski definition) is 0. The number of amides is 1. The molecule has 0 fully saturated rings. The summed E-state index contributed by atoms with van der Waals surface area (Å²) in [6, 6.07) is 11.7. The fraction of sp³-hybridized carbons (Fsp3) is 0.263. The highest BCUT2D eigenvalue weighted by Gasteiger charge is 2.25. The first kappa shape index (κ1) is 17.5. The Morgan fingerprint density at radius 2 is 1.80 bits per heavy atom. The van der Waals surface area contributed by atoms with Crippen molar-refractivity contribution in [2.24, 2.45) is 5.10 Å². The topological polar surface area (TPSA) is 51.1 Å². The molecule has 6 heteroatoms. The number of fused-ring (bicyclic) bond motifs is 1. The van der Waals surface area contributed by atoms with Crippen molar-refractivity contribution in [2.75, 3.05) is 14.2 Å². The number of halogens is 1. The summed E-state index contributed by atoms with van der Waals surface area (Å²) in [7, 11) is 3.23. The van der Waals surface area contributed by atoms with Gasteiger partial charge in [-0.25, -0.2) is 5.01 Å². The summed E-state index contributed by atoms with van der Waals surface area (Å²) in [6.07, 6.45) is 1.45. The van der Waals surface area contributed by atoms with Gasteiger partial charge in [0.05, 0.1) is 26.0 Å². The van der Waals surface area contributed by atoms with Crippen LogP contribution in [0.2, 0.25) is 0 Å². The molecular weight excluding hydrogens is 384 g/mol. The fourth-order valence-corrected chi connectivity index (χ4v) is 3.20. The summed E-state index contributed by atoms with van der Waals surface area (Å²) in [5.74, 6) is 1.31. The van der Waals surface area contributed by atoms with E-state index >= 15 is 0 Å². The Hall–Kier alpha value is -2.34. The maximum Gasteiger partial charge on any atom is 0.230 e. The minimum absolute atomic E-state index is 0.0534. The van der Waals surface area contributed by atoms with Crippen molar-refractivity contribution in [3.05, 3.63) is 57.6 Å². The van der Waals surface area contributed by atoms with E-state index in [0.29, 0.717) is 17.9 Å². The van der Waals surface area contributed by atoms with Gasteiger partial charge in [0.25, 0.3) is 0 Å².